The first-order valence-corrected chi connectivity index (χ1v) is 9.15. The molecule has 2 N–H and O–H groups in total. The number of hydrogen-bond acceptors (Lipinski definition) is 5. The normalized spacial score (nSPS) is 10.7. The van der Waals surface area contributed by atoms with Crippen molar-refractivity contribution in [3.63, 3.8) is 0 Å². The number of halogens is 2. The molecule has 0 saturated carbocycles. The molecule has 23 heavy (non-hydrogen) atoms. The van der Waals surface area contributed by atoms with E-state index in [-0.39, 0.29) is 5.91 Å². The van der Waals surface area contributed by atoms with Crippen molar-refractivity contribution < 1.29 is 4.79 Å². The molecule has 0 unspecified atom stereocenters. The van der Waals surface area contributed by atoms with Crippen LogP contribution in [-0.2, 0) is 4.79 Å². The smallest absolute Gasteiger partial charge is 0.248 e. The van der Waals surface area contributed by atoms with Crippen LogP contribution in [0.15, 0.2) is 47.4 Å². The van der Waals surface area contributed by atoms with Crippen LogP contribution < -0.4 is 10.9 Å². The fraction of sp³-hybridized carbons (Fsp3) is 0.0667. The highest BCUT2D eigenvalue weighted by Gasteiger charge is 2.06. The zero-order chi connectivity index (χ0) is 16.2. The lowest BCUT2D eigenvalue weighted by Gasteiger charge is -2.05. The van der Waals surface area contributed by atoms with Gasteiger partial charge in [0.05, 0.1) is 16.0 Å². The van der Waals surface area contributed by atoms with Crippen LogP contribution in [-0.4, -0.2) is 16.6 Å². The third-order valence-corrected chi connectivity index (χ3v) is 5.28. The average Bonchev–Trinajstić information content (AvgIpc) is 2.94. The molecule has 0 saturated heterocycles. The first-order valence-electron chi connectivity index (χ1n) is 6.59. The fourth-order valence-corrected chi connectivity index (χ4v) is 3.71. The summed E-state index contributed by atoms with van der Waals surface area (Å²) < 4.78 is 0.963. The maximum Gasteiger partial charge on any atom is 0.248 e. The van der Waals surface area contributed by atoms with Crippen molar-refractivity contribution in [2.75, 3.05) is 11.2 Å². The summed E-state index contributed by atoms with van der Waals surface area (Å²) in [5.41, 5.74) is 6.30. The average molecular weight is 384 g/mol. The molecule has 0 spiro atoms. The van der Waals surface area contributed by atoms with E-state index in [1.54, 1.807) is 18.2 Å². The molecule has 3 aromatic rings. The summed E-state index contributed by atoms with van der Waals surface area (Å²) in [4.78, 5) is 17.2. The summed E-state index contributed by atoms with van der Waals surface area (Å²) in [5, 5.41) is 1.96. The number of aromatic nitrogens is 1. The molecule has 0 radical (unpaired) electrons. The number of thiazole rings is 1. The van der Waals surface area contributed by atoms with Gasteiger partial charge < -0.3 is 0 Å². The molecule has 3 rings (SSSR count). The van der Waals surface area contributed by atoms with Crippen LogP contribution in [0.2, 0.25) is 10.0 Å². The lowest BCUT2D eigenvalue weighted by atomic mass is 10.3. The van der Waals surface area contributed by atoms with Crippen molar-refractivity contribution in [3.05, 3.63) is 52.5 Å². The predicted molar refractivity (Wildman–Crippen MR) is 98.6 cm³/mol. The first-order chi connectivity index (χ1) is 11.1. The Kier molecular flexibility index (Phi) is 5.27. The van der Waals surface area contributed by atoms with E-state index >= 15 is 0 Å². The number of hydrazine groups is 1. The molecule has 1 amide bonds. The van der Waals surface area contributed by atoms with E-state index in [2.05, 4.69) is 15.8 Å². The minimum atomic E-state index is -0.137. The Hall–Kier alpha value is -1.47. The van der Waals surface area contributed by atoms with E-state index in [0.717, 1.165) is 15.1 Å². The van der Waals surface area contributed by atoms with Gasteiger partial charge in [0.25, 0.3) is 0 Å². The lowest BCUT2D eigenvalue weighted by molar-refractivity contribution is -0.118. The van der Waals surface area contributed by atoms with Crippen molar-refractivity contribution >= 4 is 67.6 Å². The number of anilines is 1. The van der Waals surface area contributed by atoms with Gasteiger partial charge in [0.2, 0.25) is 11.0 Å². The molecular weight excluding hydrogens is 373 g/mol. The number of carbonyl (C=O) groups is 1. The Morgan fingerprint density at radius 2 is 1.87 bits per heavy atom. The van der Waals surface area contributed by atoms with Gasteiger partial charge in [-0.1, -0.05) is 34.5 Å². The summed E-state index contributed by atoms with van der Waals surface area (Å²) >= 11 is 14.6. The summed E-state index contributed by atoms with van der Waals surface area (Å²) in [6.07, 6.45) is 0. The number of carbonyl (C=O) groups excluding carboxylic acids is 1. The molecule has 0 bridgehead atoms. The molecule has 8 heteroatoms. The maximum atomic E-state index is 11.9. The Bertz CT molecular complexity index is 836. The van der Waals surface area contributed by atoms with E-state index in [1.807, 2.05) is 24.3 Å². The Morgan fingerprint density at radius 1 is 1.13 bits per heavy atom. The SMILES string of the molecule is O=C(CSc1ccc(Cl)cc1)NNc1nc2ccc(Cl)cc2s1. The van der Waals surface area contributed by atoms with Gasteiger partial charge in [-0.2, -0.15) is 0 Å². The highest BCUT2D eigenvalue weighted by atomic mass is 35.5. The van der Waals surface area contributed by atoms with Crippen molar-refractivity contribution in [1.29, 1.82) is 0 Å². The van der Waals surface area contributed by atoms with Gasteiger partial charge in [0.1, 0.15) is 0 Å². The fourth-order valence-electron chi connectivity index (χ4n) is 1.79. The minimum Gasteiger partial charge on any atom is -0.273 e. The molecule has 118 valence electrons. The van der Waals surface area contributed by atoms with E-state index in [0.29, 0.717) is 20.9 Å². The van der Waals surface area contributed by atoms with Crippen LogP contribution in [0.4, 0.5) is 5.13 Å². The second kappa shape index (κ2) is 7.40. The maximum absolute atomic E-state index is 11.9. The summed E-state index contributed by atoms with van der Waals surface area (Å²) in [6, 6.07) is 12.8. The standard InChI is InChI=1S/C15H11Cl2N3OS2/c16-9-1-4-11(5-2-9)22-8-14(21)19-20-15-18-12-6-3-10(17)7-13(12)23-15/h1-7H,8H2,(H,18,20)(H,19,21). The van der Waals surface area contributed by atoms with Gasteiger partial charge in [-0.3, -0.25) is 15.6 Å². The van der Waals surface area contributed by atoms with E-state index < -0.39 is 0 Å². The summed E-state index contributed by atoms with van der Waals surface area (Å²) in [7, 11) is 0. The van der Waals surface area contributed by atoms with Crippen molar-refractivity contribution in [3.8, 4) is 0 Å². The van der Waals surface area contributed by atoms with Crippen LogP contribution in [0.3, 0.4) is 0 Å². The third-order valence-electron chi connectivity index (χ3n) is 2.84. The number of amides is 1. The Labute approximate surface area is 151 Å². The van der Waals surface area contributed by atoms with Gasteiger partial charge in [0.15, 0.2) is 0 Å². The highest BCUT2D eigenvalue weighted by Crippen LogP contribution is 2.27. The van der Waals surface area contributed by atoms with Crippen LogP contribution in [0.5, 0.6) is 0 Å². The second-order valence-electron chi connectivity index (χ2n) is 4.55. The zero-order valence-electron chi connectivity index (χ0n) is 11.7. The number of rotatable bonds is 5. The van der Waals surface area contributed by atoms with Crippen LogP contribution in [0.25, 0.3) is 10.2 Å². The second-order valence-corrected chi connectivity index (χ2v) is 7.50. The first kappa shape index (κ1) is 16.4. The number of benzene rings is 2. The molecular formula is C15H11Cl2N3OS2. The van der Waals surface area contributed by atoms with Crippen molar-refractivity contribution in [2.45, 2.75) is 4.90 Å². The summed E-state index contributed by atoms with van der Waals surface area (Å²) in [5.74, 6) is 0.160. The number of hydrogen-bond donors (Lipinski definition) is 2. The molecule has 0 atom stereocenters. The number of nitrogens with one attached hydrogen (secondary N) is 2. The third kappa shape index (κ3) is 4.51. The van der Waals surface area contributed by atoms with Crippen LogP contribution >= 0.6 is 46.3 Å². The van der Waals surface area contributed by atoms with Gasteiger partial charge in [-0.25, -0.2) is 4.98 Å². The Morgan fingerprint density at radius 3 is 2.65 bits per heavy atom. The largest absolute Gasteiger partial charge is 0.273 e. The minimum absolute atomic E-state index is 0.137. The molecule has 0 aliphatic heterocycles. The molecule has 0 aliphatic carbocycles. The van der Waals surface area contributed by atoms with E-state index in [9.17, 15) is 4.79 Å². The number of nitrogens with zero attached hydrogens (tertiary/aromatic N) is 1. The monoisotopic (exact) mass is 383 g/mol. The van der Waals surface area contributed by atoms with Gasteiger partial charge in [-0.15, -0.1) is 11.8 Å². The Balaban J connectivity index is 1.52. The van der Waals surface area contributed by atoms with Gasteiger partial charge >= 0.3 is 0 Å². The number of thioether (sulfide) groups is 1. The molecule has 1 aromatic heterocycles. The number of fused-ring (bicyclic) bond motifs is 1. The van der Waals surface area contributed by atoms with Crippen molar-refractivity contribution in [1.82, 2.24) is 10.4 Å². The molecule has 0 fully saturated rings. The van der Waals surface area contributed by atoms with Gasteiger partial charge in [-0.05, 0) is 42.5 Å². The predicted octanol–water partition coefficient (Wildman–Crippen LogP) is 4.84. The van der Waals surface area contributed by atoms with Crippen molar-refractivity contribution in [2.24, 2.45) is 0 Å². The quantitative estimate of drug-likeness (QED) is 0.488. The van der Waals surface area contributed by atoms with Crippen LogP contribution in [0.1, 0.15) is 0 Å². The topological polar surface area (TPSA) is 54.0 Å². The molecule has 4 nitrogen and oxygen atoms in total. The highest BCUT2D eigenvalue weighted by molar-refractivity contribution is 8.00. The van der Waals surface area contributed by atoms with E-state index in [4.69, 9.17) is 23.2 Å². The lowest BCUT2D eigenvalue weighted by Crippen LogP contribution is -2.30. The van der Waals surface area contributed by atoms with E-state index in [1.165, 1.54) is 23.1 Å². The van der Waals surface area contributed by atoms with Gasteiger partial charge in [0, 0.05) is 14.9 Å². The molecule has 0 aliphatic rings. The van der Waals surface area contributed by atoms with Crippen LogP contribution in [0, 0.1) is 0 Å². The molecule has 1 heterocycles. The molecule has 2 aromatic carbocycles. The zero-order valence-corrected chi connectivity index (χ0v) is 14.8. The summed E-state index contributed by atoms with van der Waals surface area (Å²) in [6.45, 7) is 0.